The number of nitrogens with one attached hydrogen (secondary N) is 2. The van der Waals surface area contributed by atoms with Crippen LogP contribution < -0.4 is 15.5 Å². The first-order valence-corrected chi connectivity index (χ1v) is 7.06. The van der Waals surface area contributed by atoms with Crippen molar-refractivity contribution in [1.29, 1.82) is 0 Å². The van der Waals surface area contributed by atoms with Crippen LogP contribution >= 0.6 is 24.0 Å². The van der Waals surface area contributed by atoms with E-state index in [1.165, 1.54) is 43.6 Å². The Hall–Kier alpha value is -0.980. The fraction of sp³-hybridized carbons (Fsp3) is 0.533. The largest absolute Gasteiger partial charge is 0.371 e. The molecule has 2 N–H and O–H groups in total. The van der Waals surface area contributed by atoms with Crippen molar-refractivity contribution in [3.63, 3.8) is 0 Å². The first-order chi connectivity index (χ1) is 9.35. The standard InChI is InChI=1S/C15H24N4.HI/c1-16-15(17-2)18-12-13-8-4-5-9-14(13)19-10-6-3-7-11-19;/h4-5,8-9H,3,6-7,10-12H2,1-2H3,(H2,16,17,18);1H. The van der Waals surface area contributed by atoms with Crippen LogP contribution in [0.3, 0.4) is 0 Å². The Kier molecular flexibility index (Phi) is 7.72. The summed E-state index contributed by atoms with van der Waals surface area (Å²) in [5, 5.41) is 6.37. The molecule has 4 nitrogen and oxygen atoms in total. The molecule has 1 aromatic rings. The SMILES string of the molecule is CN=C(NC)NCc1ccccc1N1CCCCC1.I. The summed E-state index contributed by atoms with van der Waals surface area (Å²) >= 11 is 0. The summed E-state index contributed by atoms with van der Waals surface area (Å²) in [7, 11) is 3.67. The van der Waals surface area contributed by atoms with Crippen LogP contribution in [0.2, 0.25) is 0 Å². The van der Waals surface area contributed by atoms with Gasteiger partial charge in [-0.05, 0) is 30.9 Å². The average molecular weight is 388 g/mol. The van der Waals surface area contributed by atoms with Gasteiger partial charge < -0.3 is 15.5 Å². The van der Waals surface area contributed by atoms with Crippen molar-refractivity contribution >= 4 is 35.6 Å². The minimum atomic E-state index is 0. The van der Waals surface area contributed by atoms with Crippen LogP contribution in [0.25, 0.3) is 0 Å². The second-order valence-electron chi connectivity index (χ2n) is 4.85. The van der Waals surface area contributed by atoms with Gasteiger partial charge in [0.15, 0.2) is 5.96 Å². The first-order valence-electron chi connectivity index (χ1n) is 7.06. The number of hydrogen-bond donors (Lipinski definition) is 2. The summed E-state index contributed by atoms with van der Waals surface area (Å²) in [6, 6.07) is 8.65. The van der Waals surface area contributed by atoms with Crippen molar-refractivity contribution in [3.8, 4) is 0 Å². The second-order valence-corrected chi connectivity index (χ2v) is 4.85. The van der Waals surface area contributed by atoms with Gasteiger partial charge in [0.05, 0.1) is 0 Å². The second kappa shape index (κ2) is 9.05. The molecule has 1 heterocycles. The van der Waals surface area contributed by atoms with Crippen LogP contribution in [0.4, 0.5) is 5.69 Å². The zero-order chi connectivity index (χ0) is 13.5. The van der Waals surface area contributed by atoms with Crippen molar-refractivity contribution in [2.24, 2.45) is 4.99 Å². The van der Waals surface area contributed by atoms with Crippen LogP contribution in [0, 0.1) is 0 Å². The van der Waals surface area contributed by atoms with E-state index >= 15 is 0 Å². The molecule has 1 aliphatic heterocycles. The van der Waals surface area contributed by atoms with E-state index in [1.807, 2.05) is 7.05 Å². The minimum absolute atomic E-state index is 0. The number of aliphatic imine (C=N–C) groups is 1. The van der Waals surface area contributed by atoms with Crippen molar-refractivity contribution in [3.05, 3.63) is 29.8 Å². The third-order valence-electron chi connectivity index (χ3n) is 3.60. The lowest BCUT2D eigenvalue weighted by molar-refractivity contribution is 0.576. The summed E-state index contributed by atoms with van der Waals surface area (Å²) in [5.41, 5.74) is 2.70. The molecule has 1 aliphatic rings. The van der Waals surface area contributed by atoms with Crippen LogP contribution in [-0.2, 0) is 6.54 Å². The van der Waals surface area contributed by atoms with Gasteiger partial charge in [0.1, 0.15) is 0 Å². The predicted molar refractivity (Wildman–Crippen MR) is 97.2 cm³/mol. The summed E-state index contributed by atoms with van der Waals surface area (Å²) in [6.45, 7) is 3.16. The Labute approximate surface area is 139 Å². The number of piperidine rings is 1. The van der Waals surface area contributed by atoms with E-state index in [1.54, 1.807) is 7.05 Å². The van der Waals surface area contributed by atoms with Crippen LogP contribution in [0.5, 0.6) is 0 Å². The number of hydrogen-bond acceptors (Lipinski definition) is 2. The zero-order valence-corrected chi connectivity index (χ0v) is 14.7. The molecule has 0 unspecified atom stereocenters. The molecule has 20 heavy (non-hydrogen) atoms. The highest BCUT2D eigenvalue weighted by atomic mass is 127. The summed E-state index contributed by atoms with van der Waals surface area (Å²) in [4.78, 5) is 6.65. The fourth-order valence-corrected chi connectivity index (χ4v) is 2.56. The van der Waals surface area contributed by atoms with Gasteiger partial charge in [-0.25, -0.2) is 0 Å². The predicted octanol–water partition coefficient (Wildman–Crippen LogP) is 2.59. The Balaban J connectivity index is 0.00000200. The smallest absolute Gasteiger partial charge is 0.190 e. The van der Waals surface area contributed by atoms with E-state index in [4.69, 9.17) is 0 Å². The maximum Gasteiger partial charge on any atom is 0.190 e. The molecule has 112 valence electrons. The third kappa shape index (κ3) is 4.54. The molecule has 0 bridgehead atoms. The number of benzene rings is 1. The molecule has 0 aromatic heterocycles. The molecule has 5 heteroatoms. The van der Waals surface area contributed by atoms with Crippen LogP contribution in [0.1, 0.15) is 24.8 Å². The molecule has 0 aliphatic carbocycles. The maximum absolute atomic E-state index is 4.14. The van der Waals surface area contributed by atoms with Crippen molar-refractivity contribution < 1.29 is 0 Å². The molecule has 0 saturated carbocycles. The molecule has 0 amide bonds. The van der Waals surface area contributed by atoms with Crippen LogP contribution in [-0.4, -0.2) is 33.1 Å². The molecule has 1 saturated heterocycles. The highest BCUT2D eigenvalue weighted by molar-refractivity contribution is 14.0. The van der Waals surface area contributed by atoms with Gasteiger partial charge in [-0.15, -0.1) is 24.0 Å². The maximum atomic E-state index is 4.14. The lowest BCUT2D eigenvalue weighted by Crippen LogP contribution is -2.35. The molecular formula is C15H25IN4. The van der Waals surface area contributed by atoms with Gasteiger partial charge in [-0.1, -0.05) is 18.2 Å². The van der Waals surface area contributed by atoms with Crippen molar-refractivity contribution in [2.75, 3.05) is 32.1 Å². The average Bonchev–Trinajstić information content (AvgIpc) is 2.49. The molecule has 0 radical (unpaired) electrons. The van der Waals surface area contributed by atoms with E-state index < -0.39 is 0 Å². The van der Waals surface area contributed by atoms with E-state index in [0.29, 0.717) is 0 Å². The van der Waals surface area contributed by atoms with E-state index in [-0.39, 0.29) is 24.0 Å². The Morgan fingerprint density at radius 3 is 2.55 bits per heavy atom. The van der Waals surface area contributed by atoms with Crippen molar-refractivity contribution in [2.45, 2.75) is 25.8 Å². The Morgan fingerprint density at radius 2 is 1.90 bits per heavy atom. The molecule has 1 aromatic carbocycles. The lowest BCUT2D eigenvalue weighted by Gasteiger charge is -2.30. The lowest BCUT2D eigenvalue weighted by atomic mass is 10.1. The number of rotatable bonds is 3. The monoisotopic (exact) mass is 388 g/mol. The van der Waals surface area contributed by atoms with E-state index in [0.717, 1.165) is 12.5 Å². The molecule has 0 spiro atoms. The van der Waals surface area contributed by atoms with Gasteiger partial charge in [-0.3, -0.25) is 4.99 Å². The molecule has 2 rings (SSSR count). The summed E-state index contributed by atoms with van der Waals surface area (Å²) in [6.07, 6.45) is 3.98. The van der Waals surface area contributed by atoms with Gasteiger partial charge in [0, 0.05) is 39.4 Å². The molecule has 0 atom stereocenters. The number of anilines is 1. The number of nitrogens with zero attached hydrogens (tertiary/aromatic N) is 2. The number of guanidine groups is 1. The van der Waals surface area contributed by atoms with Gasteiger partial charge in [0.2, 0.25) is 0 Å². The third-order valence-corrected chi connectivity index (χ3v) is 3.60. The topological polar surface area (TPSA) is 39.7 Å². The minimum Gasteiger partial charge on any atom is -0.371 e. The quantitative estimate of drug-likeness (QED) is 0.475. The van der Waals surface area contributed by atoms with Crippen molar-refractivity contribution in [1.82, 2.24) is 10.6 Å². The Morgan fingerprint density at radius 1 is 1.20 bits per heavy atom. The highest BCUT2D eigenvalue weighted by Gasteiger charge is 2.13. The van der Waals surface area contributed by atoms with E-state index in [9.17, 15) is 0 Å². The summed E-state index contributed by atoms with van der Waals surface area (Å²) in [5.74, 6) is 0.827. The number of halogens is 1. The highest BCUT2D eigenvalue weighted by Crippen LogP contribution is 2.23. The van der Waals surface area contributed by atoms with Gasteiger partial charge in [-0.2, -0.15) is 0 Å². The zero-order valence-electron chi connectivity index (χ0n) is 12.4. The van der Waals surface area contributed by atoms with Gasteiger partial charge in [0.25, 0.3) is 0 Å². The number of para-hydroxylation sites is 1. The fourth-order valence-electron chi connectivity index (χ4n) is 2.56. The molecular weight excluding hydrogens is 363 g/mol. The molecule has 1 fully saturated rings. The van der Waals surface area contributed by atoms with Crippen LogP contribution in [0.15, 0.2) is 29.3 Å². The van der Waals surface area contributed by atoms with E-state index in [2.05, 4.69) is 44.8 Å². The Bertz CT molecular complexity index is 428. The first kappa shape index (κ1) is 17.1. The normalized spacial score (nSPS) is 15.5. The summed E-state index contributed by atoms with van der Waals surface area (Å²) < 4.78 is 0. The van der Waals surface area contributed by atoms with Gasteiger partial charge >= 0.3 is 0 Å².